The smallest absolute Gasteiger partial charge is 0.125 e. The Morgan fingerprint density at radius 1 is 1.10 bits per heavy atom. The number of hydrogen-bond acceptors (Lipinski definition) is 3. The third-order valence-corrected chi connectivity index (χ3v) is 3.31. The topological polar surface area (TPSA) is 68.3 Å². The first-order valence-electron chi connectivity index (χ1n) is 6.72. The first-order chi connectivity index (χ1) is 10.0. The van der Waals surface area contributed by atoms with E-state index in [4.69, 9.17) is 20.6 Å². The molecule has 21 heavy (non-hydrogen) atoms. The van der Waals surface area contributed by atoms with Gasteiger partial charge in [-0.25, -0.2) is 0 Å². The number of hydrogen-bond donors (Lipinski definition) is 2. The molecule has 0 atom stereocenters. The summed E-state index contributed by atoms with van der Waals surface area (Å²) in [7, 11) is 1.61. The molecule has 0 amide bonds. The highest BCUT2D eigenvalue weighted by Gasteiger charge is 2.08. The van der Waals surface area contributed by atoms with E-state index in [2.05, 4.69) is 13.0 Å². The minimum Gasteiger partial charge on any atom is -0.496 e. The molecular formula is C17H20N2O2. The second-order valence-electron chi connectivity index (χ2n) is 5.00. The standard InChI is InChI=1S/C17H20N2O2/c1-11-4-6-15(12(2)8-11)21-10-14-9-13(17(18)19)5-7-16(14)20-3/h4-9H,10H2,1-3H3,(H3,18,19). The zero-order valence-electron chi connectivity index (χ0n) is 12.6. The average molecular weight is 284 g/mol. The van der Waals surface area contributed by atoms with Gasteiger partial charge >= 0.3 is 0 Å². The number of ether oxygens (including phenoxy) is 2. The highest BCUT2D eigenvalue weighted by Crippen LogP contribution is 2.24. The number of benzene rings is 2. The molecule has 0 saturated carbocycles. The Morgan fingerprint density at radius 3 is 2.43 bits per heavy atom. The molecule has 0 fully saturated rings. The molecule has 2 aromatic rings. The van der Waals surface area contributed by atoms with Crippen LogP contribution in [0.2, 0.25) is 0 Å². The molecule has 3 N–H and O–H groups in total. The van der Waals surface area contributed by atoms with Crippen LogP contribution in [-0.4, -0.2) is 12.9 Å². The van der Waals surface area contributed by atoms with E-state index in [-0.39, 0.29) is 5.84 Å². The minimum absolute atomic E-state index is 0.0328. The maximum absolute atomic E-state index is 7.51. The van der Waals surface area contributed by atoms with Gasteiger partial charge < -0.3 is 15.2 Å². The molecular weight excluding hydrogens is 264 g/mol. The van der Waals surface area contributed by atoms with Crippen LogP contribution in [0.1, 0.15) is 22.3 Å². The van der Waals surface area contributed by atoms with Crippen LogP contribution in [-0.2, 0) is 6.61 Å². The Bertz CT molecular complexity index is 666. The van der Waals surface area contributed by atoms with Crippen LogP contribution in [0.3, 0.4) is 0 Å². The van der Waals surface area contributed by atoms with Gasteiger partial charge in [-0.2, -0.15) is 0 Å². The van der Waals surface area contributed by atoms with E-state index in [9.17, 15) is 0 Å². The van der Waals surface area contributed by atoms with Gasteiger partial charge in [-0.15, -0.1) is 0 Å². The van der Waals surface area contributed by atoms with E-state index in [1.54, 1.807) is 19.2 Å². The van der Waals surface area contributed by atoms with E-state index in [1.165, 1.54) is 5.56 Å². The van der Waals surface area contributed by atoms with Crippen LogP contribution < -0.4 is 15.2 Å². The van der Waals surface area contributed by atoms with Crippen molar-refractivity contribution in [3.63, 3.8) is 0 Å². The van der Waals surface area contributed by atoms with Crippen LogP contribution >= 0.6 is 0 Å². The average Bonchev–Trinajstić information content (AvgIpc) is 2.46. The normalized spacial score (nSPS) is 10.2. The van der Waals surface area contributed by atoms with Gasteiger partial charge in [0.05, 0.1) is 7.11 Å². The summed E-state index contributed by atoms with van der Waals surface area (Å²) in [6.07, 6.45) is 0. The second-order valence-corrected chi connectivity index (χ2v) is 5.00. The van der Waals surface area contributed by atoms with Crippen molar-refractivity contribution in [2.45, 2.75) is 20.5 Å². The summed E-state index contributed by atoms with van der Waals surface area (Å²) in [5.74, 6) is 1.60. The molecule has 0 heterocycles. The lowest BCUT2D eigenvalue weighted by molar-refractivity contribution is 0.294. The Morgan fingerprint density at radius 2 is 1.81 bits per heavy atom. The summed E-state index contributed by atoms with van der Waals surface area (Å²) >= 11 is 0. The molecule has 110 valence electrons. The maximum Gasteiger partial charge on any atom is 0.125 e. The van der Waals surface area contributed by atoms with Gasteiger partial charge in [0, 0.05) is 11.1 Å². The lowest BCUT2D eigenvalue weighted by Crippen LogP contribution is -2.12. The first-order valence-corrected chi connectivity index (χ1v) is 6.72. The number of rotatable bonds is 5. The largest absolute Gasteiger partial charge is 0.496 e. The molecule has 2 aromatic carbocycles. The quantitative estimate of drug-likeness (QED) is 0.654. The molecule has 0 saturated heterocycles. The summed E-state index contributed by atoms with van der Waals surface area (Å²) in [6, 6.07) is 11.5. The number of nitrogens with two attached hydrogens (primary N) is 1. The van der Waals surface area contributed by atoms with Gasteiger partial charge in [0.2, 0.25) is 0 Å². The van der Waals surface area contributed by atoms with Crippen LogP contribution in [0.15, 0.2) is 36.4 Å². The molecule has 0 aromatic heterocycles. The van der Waals surface area contributed by atoms with E-state index in [1.807, 2.05) is 25.1 Å². The molecule has 0 radical (unpaired) electrons. The Kier molecular flexibility index (Phi) is 4.48. The van der Waals surface area contributed by atoms with Crippen LogP contribution in [0.4, 0.5) is 0 Å². The maximum atomic E-state index is 7.51. The van der Waals surface area contributed by atoms with Crippen LogP contribution in [0, 0.1) is 19.3 Å². The van der Waals surface area contributed by atoms with Gasteiger partial charge in [0.25, 0.3) is 0 Å². The Balaban J connectivity index is 2.22. The van der Waals surface area contributed by atoms with Crippen molar-refractivity contribution in [2.75, 3.05) is 7.11 Å². The predicted molar refractivity (Wildman–Crippen MR) is 84.3 cm³/mol. The molecule has 4 heteroatoms. The third-order valence-electron chi connectivity index (χ3n) is 3.31. The highest BCUT2D eigenvalue weighted by molar-refractivity contribution is 5.95. The fourth-order valence-corrected chi connectivity index (χ4v) is 2.18. The van der Waals surface area contributed by atoms with Crippen molar-refractivity contribution in [3.8, 4) is 11.5 Å². The zero-order valence-corrected chi connectivity index (χ0v) is 12.6. The summed E-state index contributed by atoms with van der Waals surface area (Å²) in [5.41, 5.74) is 9.35. The zero-order chi connectivity index (χ0) is 15.4. The van der Waals surface area contributed by atoms with E-state index in [0.29, 0.717) is 12.2 Å². The third kappa shape index (κ3) is 3.54. The lowest BCUT2D eigenvalue weighted by Gasteiger charge is -2.13. The van der Waals surface area contributed by atoms with Crippen LogP contribution in [0.25, 0.3) is 0 Å². The fraction of sp³-hybridized carbons (Fsp3) is 0.235. The number of nitrogen functional groups attached to an aromatic ring is 1. The minimum atomic E-state index is 0.0328. The van der Waals surface area contributed by atoms with Gasteiger partial charge in [0.1, 0.15) is 23.9 Å². The number of methoxy groups -OCH3 is 1. The van der Waals surface area contributed by atoms with E-state index >= 15 is 0 Å². The number of amidine groups is 1. The van der Waals surface area contributed by atoms with Gasteiger partial charge in [-0.3, -0.25) is 5.41 Å². The van der Waals surface area contributed by atoms with Crippen molar-refractivity contribution >= 4 is 5.84 Å². The molecule has 4 nitrogen and oxygen atoms in total. The van der Waals surface area contributed by atoms with Gasteiger partial charge in [0.15, 0.2) is 0 Å². The fourth-order valence-electron chi connectivity index (χ4n) is 2.18. The molecule has 0 spiro atoms. The highest BCUT2D eigenvalue weighted by atomic mass is 16.5. The second kappa shape index (κ2) is 6.31. The number of nitrogens with one attached hydrogen (secondary N) is 1. The molecule has 0 aliphatic carbocycles. The predicted octanol–water partition coefficient (Wildman–Crippen LogP) is 3.18. The van der Waals surface area contributed by atoms with Gasteiger partial charge in [-0.05, 0) is 43.7 Å². The lowest BCUT2D eigenvalue weighted by atomic mass is 10.1. The monoisotopic (exact) mass is 284 g/mol. The van der Waals surface area contributed by atoms with Crippen LogP contribution in [0.5, 0.6) is 11.5 Å². The Labute approximate surface area is 125 Å². The van der Waals surface area contributed by atoms with Crippen molar-refractivity contribution in [1.29, 1.82) is 5.41 Å². The summed E-state index contributed by atoms with van der Waals surface area (Å²) in [6.45, 7) is 4.44. The summed E-state index contributed by atoms with van der Waals surface area (Å²) in [4.78, 5) is 0. The molecule has 0 bridgehead atoms. The Hall–Kier alpha value is -2.49. The number of aryl methyl sites for hydroxylation is 2. The molecule has 0 aliphatic heterocycles. The molecule has 2 rings (SSSR count). The van der Waals surface area contributed by atoms with Crippen molar-refractivity contribution in [1.82, 2.24) is 0 Å². The van der Waals surface area contributed by atoms with E-state index < -0.39 is 0 Å². The van der Waals surface area contributed by atoms with Gasteiger partial charge in [-0.1, -0.05) is 17.7 Å². The summed E-state index contributed by atoms with van der Waals surface area (Å²) < 4.78 is 11.2. The summed E-state index contributed by atoms with van der Waals surface area (Å²) in [5, 5.41) is 7.51. The molecule has 0 aliphatic rings. The molecule has 0 unspecified atom stereocenters. The first kappa shape index (κ1) is 14.9. The van der Waals surface area contributed by atoms with E-state index in [0.717, 1.165) is 22.6 Å². The van der Waals surface area contributed by atoms with Crippen molar-refractivity contribution in [2.24, 2.45) is 5.73 Å². The van der Waals surface area contributed by atoms with Crippen molar-refractivity contribution < 1.29 is 9.47 Å². The van der Waals surface area contributed by atoms with Crippen molar-refractivity contribution in [3.05, 3.63) is 58.7 Å². The SMILES string of the molecule is COc1ccc(C(=N)N)cc1COc1ccc(C)cc1C.